The summed E-state index contributed by atoms with van der Waals surface area (Å²) < 4.78 is 17.7. The van der Waals surface area contributed by atoms with Gasteiger partial charge < -0.3 is 19.7 Å². The number of thiophene rings is 1. The highest BCUT2D eigenvalue weighted by atomic mass is 32.2. The van der Waals surface area contributed by atoms with Crippen molar-refractivity contribution >= 4 is 45.7 Å². The molecule has 0 radical (unpaired) electrons. The first-order valence-electron chi connectivity index (χ1n) is 9.68. The van der Waals surface area contributed by atoms with Crippen LogP contribution in [0.1, 0.15) is 31.1 Å². The summed E-state index contributed by atoms with van der Waals surface area (Å²) in [6.45, 7) is 1.75. The average Bonchev–Trinajstić information content (AvgIpc) is 3.20. The van der Waals surface area contributed by atoms with Crippen molar-refractivity contribution in [3.63, 3.8) is 0 Å². The van der Waals surface area contributed by atoms with Crippen molar-refractivity contribution in [1.29, 1.82) is 0 Å². The van der Waals surface area contributed by atoms with Crippen LogP contribution < -0.4 is 5.32 Å². The zero-order valence-corrected chi connectivity index (χ0v) is 18.3. The highest BCUT2D eigenvalue weighted by Gasteiger charge is 2.52. The molecule has 3 unspecified atom stereocenters. The second-order valence-electron chi connectivity index (χ2n) is 7.36. The van der Waals surface area contributed by atoms with Crippen LogP contribution in [0.15, 0.2) is 29.3 Å². The minimum Gasteiger partial charge on any atom is -0.445 e. The van der Waals surface area contributed by atoms with E-state index in [9.17, 15) is 23.4 Å². The number of ether oxygens (including phenoxy) is 1. The van der Waals surface area contributed by atoms with E-state index in [-0.39, 0.29) is 42.7 Å². The number of carbonyl (C=O) groups is 4. The molecule has 8 nitrogen and oxygen atoms in total. The largest absolute Gasteiger partial charge is 0.445 e. The Balaban J connectivity index is 1.46. The minimum absolute atomic E-state index is 0.0352. The van der Waals surface area contributed by atoms with Crippen molar-refractivity contribution in [2.24, 2.45) is 5.92 Å². The number of hydrogen-bond donors (Lipinski definition) is 1. The average molecular weight is 453 g/mol. The molecule has 30 heavy (non-hydrogen) atoms. The number of β-lactam (4-membered cyclic amide) rings is 1. The fraction of sp³-hybridized carbons (Fsp3) is 0.500. The lowest BCUT2D eigenvalue weighted by Crippen LogP contribution is -2.62. The van der Waals surface area contributed by atoms with Crippen molar-refractivity contribution < 1.29 is 28.1 Å². The number of carbonyl (C=O) groups excluding carboxylic acids is 4. The maximum atomic E-state index is 12.6. The molecule has 3 heterocycles. The molecule has 3 atom stereocenters. The van der Waals surface area contributed by atoms with Gasteiger partial charge in [0.2, 0.25) is 5.91 Å². The van der Waals surface area contributed by atoms with Gasteiger partial charge in [-0.3, -0.25) is 13.8 Å². The first kappa shape index (κ1) is 22.4. The van der Waals surface area contributed by atoms with E-state index in [0.29, 0.717) is 25.0 Å². The van der Waals surface area contributed by atoms with Gasteiger partial charge in [0.1, 0.15) is 23.5 Å². The van der Waals surface area contributed by atoms with Crippen LogP contribution in [0, 0.1) is 5.92 Å². The Morgan fingerprint density at radius 3 is 2.87 bits per heavy atom. The third kappa shape index (κ3) is 5.63. The second kappa shape index (κ2) is 10.1. The Morgan fingerprint density at radius 2 is 2.17 bits per heavy atom. The van der Waals surface area contributed by atoms with Gasteiger partial charge in [0.25, 0.3) is 0 Å². The Labute approximate surface area is 181 Å². The molecule has 1 fully saturated rings. The van der Waals surface area contributed by atoms with Gasteiger partial charge in [0.05, 0.1) is 11.7 Å². The molecule has 0 aromatic carbocycles. The van der Waals surface area contributed by atoms with Crippen molar-refractivity contribution in [3.05, 3.63) is 34.2 Å². The van der Waals surface area contributed by atoms with E-state index in [1.807, 2.05) is 17.5 Å². The SMILES string of the molecule is CC(=O)CCCNC(=O)OCC1=CN2C(=O)C(CC(=O)Cc3cccs3)C2S(=O)C1. The molecule has 162 valence electrons. The van der Waals surface area contributed by atoms with Crippen LogP contribution in [0.3, 0.4) is 0 Å². The number of Topliss-reactive ketones (excluding diaryl/α,β-unsaturated/α-hetero) is 2. The van der Waals surface area contributed by atoms with E-state index in [1.54, 1.807) is 6.20 Å². The van der Waals surface area contributed by atoms with Crippen LogP contribution in [-0.2, 0) is 36.3 Å². The number of fused-ring (bicyclic) bond motifs is 1. The number of amides is 2. The summed E-state index contributed by atoms with van der Waals surface area (Å²) in [5, 5.41) is 3.95. The maximum Gasteiger partial charge on any atom is 0.407 e. The highest BCUT2D eigenvalue weighted by molar-refractivity contribution is 7.86. The van der Waals surface area contributed by atoms with Crippen molar-refractivity contribution in [2.75, 3.05) is 18.9 Å². The molecule has 2 amide bonds. The van der Waals surface area contributed by atoms with Crippen LogP contribution in [0.2, 0.25) is 0 Å². The molecular formula is C20H24N2O6S2. The van der Waals surface area contributed by atoms with Crippen molar-refractivity contribution in [1.82, 2.24) is 10.2 Å². The molecule has 2 aliphatic rings. The van der Waals surface area contributed by atoms with Crippen molar-refractivity contribution in [3.8, 4) is 0 Å². The summed E-state index contributed by atoms with van der Waals surface area (Å²) in [5.74, 6) is -0.561. The highest BCUT2D eigenvalue weighted by Crippen LogP contribution is 2.36. The van der Waals surface area contributed by atoms with Crippen LogP contribution in [0.5, 0.6) is 0 Å². The normalized spacial score (nSPS) is 22.6. The summed E-state index contributed by atoms with van der Waals surface area (Å²) >= 11 is 1.50. The molecule has 0 saturated carbocycles. The predicted octanol–water partition coefficient (Wildman–Crippen LogP) is 1.78. The summed E-state index contributed by atoms with van der Waals surface area (Å²) in [4.78, 5) is 49.6. The van der Waals surface area contributed by atoms with E-state index in [4.69, 9.17) is 4.74 Å². The van der Waals surface area contributed by atoms with Gasteiger partial charge in [-0.2, -0.15) is 0 Å². The number of nitrogens with zero attached hydrogens (tertiary/aromatic N) is 1. The number of hydrogen-bond acceptors (Lipinski definition) is 7. The molecule has 0 spiro atoms. The number of rotatable bonds is 10. The van der Waals surface area contributed by atoms with Gasteiger partial charge in [-0.1, -0.05) is 6.07 Å². The standard InChI is InChI=1S/C20H24N2O6S2/c1-13(23)4-2-6-21-20(26)28-11-14-10-22-18(25)17(19(22)30(27)12-14)9-15(24)8-16-5-3-7-29-16/h3,5,7,10,17,19H,2,4,6,8-9,11-12H2,1H3,(H,21,26). The van der Waals surface area contributed by atoms with Crippen LogP contribution in [0.4, 0.5) is 4.79 Å². The number of ketones is 2. The Kier molecular flexibility index (Phi) is 7.54. The Bertz CT molecular complexity index is 880. The molecule has 0 bridgehead atoms. The quantitative estimate of drug-likeness (QED) is 0.428. The molecule has 2 aliphatic heterocycles. The van der Waals surface area contributed by atoms with E-state index in [1.165, 1.54) is 23.2 Å². The Morgan fingerprint density at radius 1 is 1.37 bits per heavy atom. The molecule has 1 aromatic rings. The van der Waals surface area contributed by atoms with Gasteiger partial charge >= 0.3 is 6.09 Å². The monoisotopic (exact) mass is 452 g/mol. The summed E-state index contributed by atoms with van der Waals surface area (Å²) in [6, 6.07) is 3.76. The zero-order valence-electron chi connectivity index (χ0n) is 16.6. The molecule has 0 aliphatic carbocycles. The van der Waals surface area contributed by atoms with Gasteiger partial charge in [0, 0.05) is 47.7 Å². The maximum absolute atomic E-state index is 12.6. The number of nitrogens with one attached hydrogen (secondary N) is 1. The molecule has 1 saturated heterocycles. The van der Waals surface area contributed by atoms with E-state index in [2.05, 4.69) is 5.32 Å². The fourth-order valence-corrected chi connectivity index (χ4v) is 5.85. The predicted molar refractivity (Wildman–Crippen MR) is 112 cm³/mol. The third-order valence-electron chi connectivity index (χ3n) is 4.87. The lowest BCUT2D eigenvalue weighted by molar-refractivity contribution is -0.148. The van der Waals surface area contributed by atoms with Gasteiger partial charge in [0.15, 0.2) is 0 Å². The van der Waals surface area contributed by atoms with E-state index in [0.717, 1.165) is 4.88 Å². The molecule has 3 rings (SSSR count). The summed E-state index contributed by atoms with van der Waals surface area (Å²) in [7, 11) is -1.35. The van der Waals surface area contributed by atoms with E-state index < -0.39 is 28.2 Å². The summed E-state index contributed by atoms with van der Waals surface area (Å²) in [5.41, 5.74) is 0.584. The fourth-order valence-electron chi connectivity index (χ4n) is 3.43. The van der Waals surface area contributed by atoms with E-state index >= 15 is 0 Å². The molecule has 10 heteroatoms. The van der Waals surface area contributed by atoms with Gasteiger partial charge in [-0.15, -0.1) is 11.3 Å². The molecular weight excluding hydrogens is 428 g/mol. The third-order valence-corrected chi connectivity index (χ3v) is 7.50. The van der Waals surface area contributed by atoms with Gasteiger partial charge in [-0.05, 0) is 30.4 Å². The lowest BCUT2D eigenvalue weighted by atomic mass is 9.91. The lowest BCUT2D eigenvalue weighted by Gasteiger charge is -2.46. The first-order chi connectivity index (χ1) is 14.3. The molecule has 1 aromatic heterocycles. The smallest absolute Gasteiger partial charge is 0.407 e. The molecule has 1 N–H and O–H groups in total. The van der Waals surface area contributed by atoms with Crippen LogP contribution in [-0.4, -0.2) is 57.0 Å². The summed E-state index contributed by atoms with van der Waals surface area (Å²) in [6.07, 6.45) is 2.26. The second-order valence-corrected chi connectivity index (χ2v) is 9.93. The van der Waals surface area contributed by atoms with Crippen molar-refractivity contribution in [2.45, 2.75) is 38.0 Å². The van der Waals surface area contributed by atoms with Gasteiger partial charge in [-0.25, -0.2) is 4.79 Å². The Hall–Kier alpha value is -2.33. The number of alkyl carbamates (subject to hydrolysis) is 1. The minimum atomic E-state index is -1.35. The topological polar surface area (TPSA) is 110 Å². The first-order valence-corrected chi connectivity index (χ1v) is 11.9. The zero-order chi connectivity index (χ0) is 21.7. The van der Waals surface area contributed by atoms with Crippen LogP contribution in [0.25, 0.3) is 0 Å². The van der Waals surface area contributed by atoms with Crippen LogP contribution >= 0.6 is 11.3 Å².